The standard InChI is InChI=1S/C17H14BrN3O5/c1-24-13-5-3-2-4-12(13)20-16(22)17(23)21-19-8-10-6-14-15(7-11(10)18)26-9-25-14/h2-8H,9H2,1H3,(H,20,22)(H,21,23)/b19-8+. The molecule has 0 spiro atoms. The Balaban J connectivity index is 1.61. The van der Waals surface area contributed by atoms with E-state index in [1.54, 1.807) is 36.4 Å². The summed E-state index contributed by atoms with van der Waals surface area (Å²) in [5.74, 6) is -0.133. The number of halogens is 1. The SMILES string of the molecule is COc1ccccc1NC(=O)C(=O)N/N=C/c1cc2c(cc1Br)OCO2. The van der Waals surface area contributed by atoms with Gasteiger partial charge in [0.2, 0.25) is 6.79 Å². The van der Waals surface area contributed by atoms with E-state index >= 15 is 0 Å². The number of hydrogen-bond donors (Lipinski definition) is 2. The molecule has 8 nitrogen and oxygen atoms in total. The van der Waals surface area contributed by atoms with Gasteiger partial charge in [0.15, 0.2) is 11.5 Å². The fourth-order valence-corrected chi connectivity index (χ4v) is 2.59. The van der Waals surface area contributed by atoms with Crippen molar-refractivity contribution >= 4 is 39.6 Å². The number of methoxy groups -OCH3 is 1. The van der Waals surface area contributed by atoms with E-state index in [2.05, 4.69) is 31.8 Å². The Kier molecular flexibility index (Phi) is 5.37. The molecule has 0 aromatic heterocycles. The van der Waals surface area contributed by atoms with Gasteiger partial charge in [-0.15, -0.1) is 0 Å². The topological polar surface area (TPSA) is 98.2 Å². The van der Waals surface area contributed by atoms with Crippen molar-refractivity contribution in [1.29, 1.82) is 0 Å². The second-order valence-electron chi connectivity index (χ2n) is 5.08. The molecule has 0 radical (unpaired) electrons. The molecule has 1 aliphatic rings. The zero-order valence-corrected chi connectivity index (χ0v) is 15.2. The van der Waals surface area contributed by atoms with Crippen LogP contribution in [0.5, 0.6) is 17.2 Å². The van der Waals surface area contributed by atoms with Gasteiger partial charge in [-0.25, -0.2) is 5.43 Å². The smallest absolute Gasteiger partial charge is 0.329 e. The minimum Gasteiger partial charge on any atom is -0.495 e. The highest BCUT2D eigenvalue weighted by Gasteiger charge is 2.17. The summed E-state index contributed by atoms with van der Waals surface area (Å²) in [5, 5.41) is 6.25. The number of para-hydroxylation sites is 2. The first-order valence-electron chi connectivity index (χ1n) is 7.45. The zero-order chi connectivity index (χ0) is 18.5. The summed E-state index contributed by atoms with van der Waals surface area (Å²) in [6, 6.07) is 10.2. The molecule has 0 fully saturated rings. The number of carbonyl (C=O) groups excluding carboxylic acids is 2. The Bertz CT molecular complexity index is 885. The molecule has 26 heavy (non-hydrogen) atoms. The van der Waals surface area contributed by atoms with E-state index in [1.165, 1.54) is 13.3 Å². The fourth-order valence-electron chi connectivity index (χ4n) is 2.17. The second kappa shape index (κ2) is 7.87. The number of fused-ring (bicyclic) bond motifs is 1. The molecule has 2 aromatic rings. The van der Waals surface area contributed by atoms with Crippen LogP contribution >= 0.6 is 15.9 Å². The van der Waals surface area contributed by atoms with Crippen LogP contribution in [0.1, 0.15) is 5.56 Å². The number of hydrazone groups is 1. The highest BCUT2D eigenvalue weighted by Crippen LogP contribution is 2.36. The average Bonchev–Trinajstić information content (AvgIpc) is 3.09. The molecule has 0 unspecified atom stereocenters. The molecule has 1 aliphatic heterocycles. The monoisotopic (exact) mass is 419 g/mol. The van der Waals surface area contributed by atoms with Crippen LogP contribution in [0.2, 0.25) is 0 Å². The first-order chi connectivity index (χ1) is 12.6. The Morgan fingerprint density at radius 3 is 2.69 bits per heavy atom. The molecule has 1 heterocycles. The van der Waals surface area contributed by atoms with Crippen molar-refractivity contribution in [3.8, 4) is 17.2 Å². The van der Waals surface area contributed by atoms with E-state index < -0.39 is 11.8 Å². The van der Waals surface area contributed by atoms with Gasteiger partial charge in [-0.05, 0) is 40.2 Å². The van der Waals surface area contributed by atoms with Crippen molar-refractivity contribution in [2.75, 3.05) is 19.2 Å². The van der Waals surface area contributed by atoms with Crippen molar-refractivity contribution in [1.82, 2.24) is 5.43 Å². The molecule has 0 saturated heterocycles. The molecule has 9 heteroatoms. The molecular weight excluding hydrogens is 406 g/mol. The number of nitrogens with zero attached hydrogens (tertiary/aromatic N) is 1. The van der Waals surface area contributed by atoms with Gasteiger partial charge >= 0.3 is 11.8 Å². The maximum Gasteiger partial charge on any atom is 0.329 e. The van der Waals surface area contributed by atoms with Gasteiger partial charge in [0, 0.05) is 10.0 Å². The Hall–Kier alpha value is -3.07. The quantitative estimate of drug-likeness (QED) is 0.449. The number of nitrogens with one attached hydrogen (secondary N) is 2. The number of amides is 2. The number of hydrogen-bond acceptors (Lipinski definition) is 6. The van der Waals surface area contributed by atoms with Gasteiger partial charge in [0.05, 0.1) is 19.0 Å². The summed E-state index contributed by atoms with van der Waals surface area (Å²) in [6.07, 6.45) is 1.39. The highest BCUT2D eigenvalue weighted by molar-refractivity contribution is 9.10. The van der Waals surface area contributed by atoms with Gasteiger partial charge in [-0.1, -0.05) is 12.1 Å². The third-order valence-electron chi connectivity index (χ3n) is 3.42. The van der Waals surface area contributed by atoms with Crippen molar-refractivity contribution in [3.63, 3.8) is 0 Å². The molecule has 3 rings (SSSR count). The third-order valence-corrected chi connectivity index (χ3v) is 4.11. The molecule has 0 bridgehead atoms. The number of benzene rings is 2. The van der Waals surface area contributed by atoms with Crippen molar-refractivity contribution in [2.24, 2.45) is 5.10 Å². The normalized spacial score (nSPS) is 12.1. The Morgan fingerprint density at radius 1 is 1.19 bits per heavy atom. The van der Waals surface area contributed by atoms with Crippen LogP contribution in [0.15, 0.2) is 46.0 Å². The summed E-state index contributed by atoms with van der Waals surface area (Å²) < 4.78 is 16.4. The molecule has 0 aliphatic carbocycles. The zero-order valence-electron chi connectivity index (χ0n) is 13.6. The van der Waals surface area contributed by atoms with Crippen LogP contribution in [0.3, 0.4) is 0 Å². The van der Waals surface area contributed by atoms with Crippen LogP contribution in [-0.4, -0.2) is 31.9 Å². The van der Waals surface area contributed by atoms with E-state index in [1.807, 2.05) is 0 Å². The van der Waals surface area contributed by atoms with Crippen LogP contribution in [0.25, 0.3) is 0 Å². The Labute approximate surface area is 157 Å². The minimum absolute atomic E-state index is 0.155. The van der Waals surface area contributed by atoms with E-state index in [-0.39, 0.29) is 6.79 Å². The average molecular weight is 420 g/mol. The molecule has 2 N–H and O–H groups in total. The van der Waals surface area contributed by atoms with E-state index in [4.69, 9.17) is 14.2 Å². The lowest BCUT2D eigenvalue weighted by Crippen LogP contribution is -2.32. The maximum atomic E-state index is 11.9. The predicted molar refractivity (Wildman–Crippen MR) is 97.6 cm³/mol. The van der Waals surface area contributed by atoms with Crippen LogP contribution in [-0.2, 0) is 9.59 Å². The molecule has 0 atom stereocenters. The van der Waals surface area contributed by atoms with Gasteiger partial charge < -0.3 is 19.5 Å². The van der Waals surface area contributed by atoms with Crippen LogP contribution in [0.4, 0.5) is 5.69 Å². The van der Waals surface area contributed by atoms with E-state index in [0.717, 1.165) is 0 Å². The van der Waals surface area contributed by atoms with Gasteiger partial charge in [-0.3, -0.25) is 9.59 Å². The molecule has 2 aromatic carbocycles. The number of rotatable bonds is 4. The van der Waals surface area contributed by atoms with Crippen molar-refractivity contribution < 1.29 is 23.8 Å². The summed E-state index contributed by atoms with van der Waals surface area (Å²) in [4.78, 5) is 23.8. The largest absolute Gasteiger partial charge is 0.495 e. The maximum absolute atomic E-state index is 11.9. The van der Waals surface area contributed by atoms with Gasteiger partial charge in [-0.2, -0.15) is 5.10 Å². The van der Waals surface area contributed by atoms with Crippen molar-refractivity contribution in [2.45, 2.75) is 0 Å². The second-order valence-corrected chi connectivity index (χ2v) is 5.93. The first-order valence-corrected chi connectivity index (χ1v) is 8.24. The lowest BCUT2D eigenvalue weighted by atomic mass is 10.2. The predicted octanol–water partition coefficient (Wildman–Crippen LogP) is 2.28. The third kappa shape index (κ3) is 3.94. The summed E-state index contributed by atoms with van der Waals surface area (Å²) in [6.45, 7) is 0.155. The lowest BCUT2D eigenvalue weighted by molar-refractivity contribution is -0.136. The fraction of sp³-hybridized carbons (Fsp3) is 0.118. The lowest BCUT2D eigenvalue weighted by Gasteiger charge is -2.08. The van der Waals surface area contributed by atoms with E-state index in [0.29, 0.717) is 33.0 Å². The number of carbonyl (C=O) groups is 2. The van der Waals surface area contributed by atoms with E-state index in [9.17, 15) is 9.59 Å². The first kappa shape index (κ1) is 17.7. The number of anilines is 1. The van der Waals surface area contributed by atoms with Gasteiger partial charge in [0.25, 0.3) is 0 Å². The Morgan fingerprint density at radius 2 is 1.92 bits per heavy atom. The summed E-state index contributed by atoms with van der Waals surface area (Å²) >= 11 is 3.37. The van der Waals surface area contributed by atoms with Crippen LogP contribution in [0, 0.1) is 0 Å². The van der Waals surface area contributed by atoms with Crippen molar-refractivity contribution in [3.05, 3.63) is 46.4 Å². The van der Waals surface area contributed by atoms with Crippen LogP contribution < -0.4 is 25.0 Å². The number of ether oxygens (including phenoxy) is 3. The summed E-state index contributed by atoms with van der Waals surface area (Å²) in [5.41, 5.74) is 3.21. The molecule has 2 amide bonds. The molecule has 0 saturated carbocycles. The molecular formula is C17H14BrN3O5. The minimum atomic E-state index is -0.913. The molecule has 134 valence electrons. The highest BCUT2D eigenvalue weighted by atomic mass is 79.9. The van der Waals surface area contributed by atoms with Gasteiger partial charge in [0.1, 0.15) is 5.75 Å². The summed E-state index contributed by atoms with van der Waals surface area (Å²) in [7, 11) is 1.47.